The summed E-state index contributed by atoms with van der Waals surface area (Å²) in [5.41, 5.74) is 2.48. The van der Waals surface area contributed by atoms with Gasteiger partial charge in [-0.15, -0.1) is 0 Å². The number of halogens is 3. The summed E-state index contributed by atoms with van der Waals surface area (Å²) in [6, 6.07) is 7.98. The van der Waals surface area contributed by atoms with E-state index in [4.69, 9.17) is 39.5 Å². The largest absolute Gasteiger partial charge is 0.484 e. The lowest BCUT2D eigenvalue weighted by Gasteiger charge is -2.28. The third-order valence-electron chi connectivity index (χ3n) is 4.63. The molecule has 0 aliphatic carbocycles. The van der Waals surface area contributed by atoms with Crippen LogP contribution in [0.4, 0.5) is 0 Å². The van der Waals surface area contributed by atoms with E-state index in [1.165, 1.54) is 4.90 Å². The molecule has 2 rings (SSSR count). The van der Waals surface area contributed by atoms with Crippen LogP contribution in [0, 0.1) is 13.8 Å². The number of benzene rings is 2. The highest BCUT2D eigenvalue weighted by Gasteiger charge is 2.26. The SMILES string of the molecule is CCNC(=O)[C@@H](C)N(Cc1ccc(Cl)c(Cl)c1)C(=O)COc1cc(C)c(Cl)c(C)c1. The summed E-state index contributed by atoms with van der Waals surface area (Å²) in [5, 5.41) is 4.22. The van der Waals surface area contributed by atoms with Gasteiger partial charge in [0.2, 0.25) is 5.91 Å². The molecule has 0 spiro atoms. The molecule has 0 unspecified atom stereocenters. The van der Waals surface area contributed by atoms with Crippen LogP contribution in [0.15, 0.2) is 30.3 Å². The van der Waals surface area contributed by atoms with Crippen LogP contribution in [-0.2, 0) is 16.1 Å². The highest BCUT2D eigenvalue weighted by atomic mass is 35.5. The quantitative estimate of drug-likeness (QED) is 0.576. The van der Waals surface area contributed by atoms with Crippen LogP contribution in [0.5, 0.6) is 5.75 Å². The maximum absolute atomic E-state index is 13.0. The van der Waals surface area contributed by atoms with E-state index < -0.39 is 6.04 Å². The van der Waals surface area contributed by atoms with Gasteiger partial charge in [0.05, 0.1) is 10.0 Å². The van der Waals surface area contributed by atoms with Crippen molar-refractivity contribution in [3.63, 3.8) is 0 Å². The van der Waals surface area contributed by atoms with Gasteiger partial charge < -0.3 is 15.0 Å². The maximum atomic E-state index is 13.0. The van der Waals surface area contributed by atoms with Crippen molar-refractivity contribution in [3.8, 4) is 5.75 Å². The molecule has 2 aromatic rings. The fraction of sp³-hybridized carbons (Fsp3) is 0.364. The molecule has 0 heterocycles. The first kappa shape index (κ1) is 24.3. The Bertz CT molecular complexity index is 911. The standard InChI is InChI=1S/C22H25Cl3N2O3/c1-5-26-22(29)15(4)27(11-16-6-7-18(23)19(24)10-16)20(28)12-30-17-8-13(2)21(25)14(3)9-17/h6-10,15H,5,11-12H2,1-4H3,(H,26,29)/t15-/m1/s1. The molecule has 1 atom stereocenters. The van der Waals surface area contributed by atoms with Crippen LogP contribution in [-0.4, -0.2) is 35.9 Å². The van der Waals surface area contributed by atoms with Gasteiger partial charge in [-0.3, -0.25) is 9.59 Å². The van der Waals surface area contributed by atoms with Gasteiger partial charge in [-0.2, -0.15) is 0 Å². The second-order valence-electron chi connectivity index (χ2n) is 7.00. The third kappa shape index (κ3) is 6.27. The summed E-state index contributed by atoms with van der Waals surface area (Å²) < 4.78 is 5.71. The molecule has 0 fully saturated rings. The van der Waals surface area contributed by atoms with E-state index in [9.17, 15) is 9.59 Å². The summed E-state index contributed by atoms with van der Waals surface area (Å²) in [6.45, 7) is 7.69. The molecule has 0 saturated heterocycles. The van der Waals surface area contributed by atoms with Gasteiger partial charge in [-0.25, -0.2) is 0 Å². The first-order chi connectivity index (χ1) is 14.1. The first-order valence-corrected chi connectivity index (χ1v) is 10.7. The minimum Gasteiger partial charge on any atom is -0.484 e. The Morgan fingerprint density at radius 1 is 1.07 bits per heavy atom. The van der Waals surface area contributed by atoms with Crippen LogP contribution in [0.25, 0.3) is 0 Å². The lowest BCUT2D eigenvalue weighted by molar-refractivity contribution is -0.142. The highest BCUT2D eigenvalue weighted by molar-refractivity contribution is 6.42. The van der Waals surface area contributed by atoms with Gasteiger partial charge in [0, 0.05) is 18.1 Å². The molecular formula is C22H25Cl3N2O3. The van der Waals surface area contributed by atoms with Crippen molar-refractivity contribution in [1.29, 1.82) is 0 Å². The third-order valence-corrected chi connectivity index (χ3v) is 5.96. The Kier molecular flexibility index (Phi) is 8.83. The van der Waals surface area contributed by atoms with Crippen LogP contribution in [0.2, 0.25) is 15.1 Å². The number of aryl methyl sites for hydroxylation is 2. The molecule has 162 valence electrons. The van der Waals surface area contributed by atoms with E-state index >= 15 is 0 Å². The maximum Gasteiger partial charge on any atom is 0.261 e. The molecule has 0 aliphatic rings. The van der Waals surface area contributed by atoms with E-state index in [1.54, 1.807) is 37.3 Å². The number of rotatable bonds is 8. The Hall–Kier alpha value is -1.95. The smallest absolute Gasteiger partial charge is 0.261 e. The summed E-state index contributed by atoms with van der Waals surface area (Å²) in [5.74, 6) is -0.0305. The molecule has 1 N–H and O–H groups in total. The normalized spacial score (nSPS) is 11.7. The monoisotopic (exact) mass is 470 g/mol. The summed E-state index contributed by atoms with van der Waals surface area (Å²) >= 11 is 18.3. The average Bonchev–Trinajstić information content (AvgIpc) is 2.70. The first-order valence-electron chi connectivity index (χ1n) is 9.54. The molecule has 0 aromatic heterocycles. The second kappa shape index (κ2) is 10.9. The summed E-state index contributed by atoms with van der Waals surface area (Å²) in [6.07, 6.45) is 0. The predicted molar refractivity (Wildman–Crippen MR) is 122 cm³/mol. The van der Waals surface area contributed by atoms with Crippen molar-refractivity contribution in [2.75, 3.05) is 13.2 Å². The second-order valence-corrected chi connectivity index (χ2v) is 8.19. The van der Waals surface area contributed by atoms with Crippen LogP contribution >= 0.6 is 34.8 Å². The van der Waals surface area contributed by atoms with Gasteiger partial charge in [0.25, 0.3) is 5.91 Å². The number of hydrogen-bond donors (Lipinski definition) is 1. The number of ether oxygens (including phenoxy) is 1. The van der Waals surface area contributed by atoms with Gasteiger partial charge >= 0.3 is 0 Å². The van der Waals surface area contributed by atoms with E-state index in [1.807, 2.05) is 20.8 Å². The molecule has 0 saturated carbocycles. The minimum absolute atomic E-state index is 0.191. The van der Waals surface area contributed by atoms with Crippen molar-refractivity contribution >= 4 is 46.6 Å². The van der Waals surface area contributed by atoms with Crippen LogP contribution in [0.1, 0.15) is 30.5 Å². The van der Waals surface area contributed by atoms with E-state index in [-0.39, 0.29) is 25.0 Å². The lowest BCUT2D eigenvalue weighted by atomic mass is 10.1. The molecule has 0 radical (unpaired) electrons. The Balaban J connectivity index is 2.20. The zero-order valence-electron chi connectivity index (χ0n) is 17.4. The number of amides is 2. The van der Waals surface area contributed by atoms with Crippen LogP contribution in [0.3, 0.4) is 0 Å². The van der Waals surface area contributed by atoms with E-state index in [0.29, 0.717) is 27.4 Å². The summed E-state index contributed by atoms with van der Waals surface area (Å²) in [7, 11) is 0. The molecule has 0 bridgehead atoms. The zero-order chi connectivity index (χ0) is 22.4. The Morgan fingerprint density at radius 2 is 1.70 bits per heavy atom. The Morgan fingerprint density at radius 3 is 2.27 bits per heavy atom. The molecule has 2 aromatic carbocycles. The van der Waals surface area contributed by atoms with Crippen molar-refractivity contribution in [2.24, 2.45) is 0 Å². The number of nitrogens with one attached hydrogen (secondary N) is 1. The van der Waals surface area contributed by atoms with Crippen molar-refractivity contribution in [3.05, 3.63) is 62.1 Å². The van der Waals surface area contributed by atoms with Crippen molar-refractivity contribution < 1.29 is 14.3 Å². The lowest BCUT2D eigenvalue weighted by Crippen LogP contribution is -2.49. The fourth-order valence-electron chi connectivity index (χ4n) is 2.96. The van der Waals surface area contributed by atoms with Crippen molar-refractivity contribution in [2.45, 2.75) is 40.3 Å². The van der Waals surface area contributed by atoms with Gasteiger partial charge in [-0.05, 0) is 68.7 Å². The van der Waals surface area contributed by atoms with Crippen molar-refractivity contribution in [1.82, 2.24) is 10.2 Å². The van der Waals surface area contributed by atoms with Gasteiger partial charge in [-0.1, -0.05) is 40.9 Å². The van der Waals surface area contributed by atoms with Gasteiger partial charge in [0.15, 0.2) is 6.61 Å². The number of likely N-dealkylation sites (N-methyl/N-ethyl adjacent to an activating group) is 1. The topological polar surface area (TPSA) is 58.6 Å². The zero-order valence-corrected chi connectivity index (χ0v) is 19.7. The average molecular weight is 472 g/mol. The Labute approximate surface area is 192 Å². The molecule has 5 nitrogen and oxygen atoms in total. The molecule has 0 aliphatic heterocycles. The number of carbonyl (C=O) groups is 2. The van der Waals surface area contributed by atoms with Gasteiger partial charge in [0.1, 0.15) is 11.8 Å². The minimum atomic E-state index is -0.691. The fourth-order valence-corrected chi connectivity index (χ4v) is 3.39. The highest BCUT2D eigenvalue weighted by Crippen LogP contribution is 2.26. The molecular weight excluding hydrogens is 447 g/mol. The molecule has 30 heavy (non-hydrogen) atoms. The summed E-state index contributed by atoms with van der Waals surface area (Å²) in [4.78, 5) is 26.8. The number of nitrogens with zero attached hydrogens (tertiary/aromatic N) is 1. The molecule has 8 heteroatoms. The number of hydrogen-bond acceptors (Lipinski definition) is 3. The predicted octanol–water partition coefficient (Wildman–Crippen LogP) is 5.20. The number of carbonyl (C=O) groups excluding carboxylic acids is 2. The van der Waals surface area contributed by atoms with Crippen LogP contribution < -0.4 is 10.1 Å². The van der Waals surface area contributed by atoms with E-state index in [0.717, 1.165) is 16.7 Å². The molecule has 2 amide bonds. The van der Waals surface area contributed by atoms with E-state index in [2.05, 4.69) is 5.32 Å².